The van der Waals surface area contributed by atoms with Gasteiger partial charge in [-0.3, -0.25) is 4.79 Å². The third kappa shape index (κ3) is 7.04. The Morgan fingerprint density at radius 2 is 1.38 bits per heavy atom. The first-order valence-electron chi connectivity index (χ1n) is 5.56. The lowest BCUT2D eigenvalue weighted by molar-refractivity contribution is -0.137. The standard InChI is InChI=1S/C12H20O4/c1-9(10(2)12(15)16)7-5-3-4-6-8-11(13)14/h3-8H2,1-2H3,(H,13,14)(H,15,16). The van der Waals surface area contributed by atoms with Crippen molar-refractivity contribution in [3.63, 3.8) is 0 Å². The summed E-state index contributed by atoms with van der Waals surface area (Å²) in [6.45, 7) is 3.45. The van der Waals surface area contributed by atoms with Crippen molar-refractivity contribution in [2.75, 3.05) is 0 Å². The Kier molecular flexibility index (Phi) is 7.25. The van der Waals surface area contributed by atoms with E-state index in [2.05, 4.69) is 0 Å². The summed E-state index contributed by atoms with van der Waals surface area (Å²) in [5.41, 5.74) is 1.33. The van der Waals surface area contributed by atoms with Crippen molar-refractivity contribution < 1.29 is 19.8 Å². The predicted molar refractivity (Wildman–Crippen MR) is 61.3 cm³/mol. The molecule has 4 heteroatoms. The Balaban J connectivity index is 3.63. The van der Waals surface area contributed by atoms with E-state index in [4.69, 9.17) is 10.2 Å². The Hall–Kier alpha value is -1.32. The molecule has 0 saturated heterocycles. The molecule has 0 spiro atoms. The second-order valence-electron chi connectivity index (χ2n) is 4.02. The molecule has 0 radical (unpaired) electrons. The third-order valence-corrected chi connectivity index (χ3v) is 2.65. The fourth-order valence-electron chi connectivity index (χ4n) is 1.39. The Bertz CT molecular complexity index is 279. The summed E-state index contributed by atoms with van der Waals surface area (Å²) >= 11 is 0. The number of allylic oxidation sites excluding steroid dienone is 1. The van der Waals surface area contributed by atoms with Gasteiger partial charge in [-0.25, -0.2) is 4.79 Å². The van der Waals surface area contributed by atoms with Crippen LogP contribution in [0.5, 0.6) is 0 Å². The highest BCUT2D eigenvalue weighted by Gasteiger charge is 2.04. The smallest absolute Gasteiger partial charge is 0.331 e. The van der Waals surface area contributed by atoms with Crippen LogP contribution in [0.15, 0.2) is 11.1 Å². The molecule has 0 amide bonds. The monoisotopic (exact) mass is 228 g/mol. The van der Waals surface area contributed by atoms with Crippen molar-refractivity contribution in [2.24, 2.45) is 0 Å². The van der Waals surface area contributed by atoms with Gasteiger partial charge in [-0.2, -0.15) is 0 Å². The number of aliphatic carboxylic acids is 2. The molecule has 0 heterocycles. The molecule has 0 aromatic carbocycles. The predicted octanol–water partition coefficient (Wildman–Crippen LogP) is 2.83. The minimum Gasteiger partial charge on any atom is -0.481 e. The van der Waals surface area contributed by atoms with E-state index in [1.165, 1.54) is 0 Å². The molecule has 0 aliphatic heterocycles. The minimum absolute atomic E-state index is 0.225. The molecule has 0 rings (SSSR count). The normalized spacial score (nSPS) is 12.1. The van der Waals surface area contributed by atoms with Gasteiger partial charge in [0.25, 0.3) is 0 Å². The van der Waals surface area contributed by atoms with Crippen LogP contribution in [-0.2, 0) is 9.59 Å². The molecule has 4 nitrogen and oxygen atoms in total. The van der Waals surface area contributed by atoms with Crippen molar-refractivity contribution in [1.29, 1.82) is 0 Å². The van der Waals surface area contributed by atoms with Gasteiger partial charge in [0.1, 0.15) is 0 Å². The van der Waals surface area contributed by atoms with Gasteiger partial charge in [0.05, 0.1) is 0 Å². The van der Waals surface area contributed by atoms with Crippen LogP contribution in [0.1, 0.15) is 52.4 Å². The quantitative estimate of drug-likeness (QED) is 0.495. The molecule has 16 heavy (non-hydrogen) atoms. The number of rotatable bonds is 8. The average molecular weight is 228 g/mol. The molecule has 2 N–H and O–H groups in total. The first-order chi connectivity index (χ1) is 7.45. The van der Waals surface area contributed by atoms with Crippen molar-refractivity contribution in [3.8, 4) is 0 Å². The van der Waals surface area contributed by atoms with Crippen molar-refractivity contribution in [3.05, 3.63) is 11.1 Å². The first-order valence-corrected chi connectivity index (χ1v) is 5.56. The van der Waals surface area contributed by atoms with E-state index < -0.39 is 11.9 Å². The number of unbranched alkanes of at least 4 members (excludes halogenated alkanes) is 3. The minimum atomic E-state index is -0.858. The second kappa shape index (κ2) is 7.91. The zero-order chi connectivity index (χ0) is 12.6. The summed E-state index contributed by atoms with van der Waals surface area (Å²) in [5, 5.41) is 17.2. The maximum Gasteiger partial charge on any atom is 0.331 e. The summed E-state index contributed by atoms with van der Waals surface area (Å²) in [6, 6.07) is 0. The first kappa shape index (κ1) is 14.7. The van der Waals surface area contributed by atoms with E-state index in [0.29, 0.717) is 12.0 Å². The zero-order valence-corrected chi connectivity index (χ0v) is 9.95. The molecule has 0 fully saturated rings. The van der Waals surface area contributed by atoms with Crippen LogP contribution in [0.2, 0.25) is 0 Å². The third-order valence-electron chi connectivity index (χ3n) is 2.65. The van der Waals surface area contributed by atoms with Gasteiger partial charge in [0, 0.05) is 12.0 Å². The number of hydrogen-bond donors (Lipinski definition) is 2. The summed E-state index contributed by atoms with van der Waals surface area (Å²) in [4.78, 5) is 20.9. The average Bonchev–Trinajstić information content (AvgIpc) is 2.21. The van der Waals surface area contributed by atoms with Gasteiger partial charge in [-0.15, -0.1) is 0 Å². The molecule has 0 aromatic heterocycles. The molecule has 0 aliphatic rings. The van der Waals surface area contributed by atoms with Crippen LogP contribution in [0.25, 0.3) is 0 Å². The highest BCUT2D eigenvalue weighted by atomic mass is 16.4. The number of carboxylic acid groups (broad SMARTS) is 2. The van der Waals surface area contributed by atoms with Gasteiger partial charge in [0.2, 0.25) is 0 Å². The maximum atomic E-state index is 10.6. The molecular weight excluding hydrogens is 208 g/mol. The maximum absolute atomic E-state index is 10.6. The number of carbonyl (C=O) groups is 2. The zero-order valence-electron chi connectivity index (χ0n) is 9.95. The van der Waals surface area contributed by atoms with Gasteiger partial charge in [-0.1, -0.05) is 18.4 Å². The van der Waals surface area contributed by atoms with E-state index in [1.807, 2.05) is 6.92 Å². The molecule has 0 saturated carbocycles. The van der Waals surface area contributed by atoms with Crippen LogP contribution < -0.4 is 0 Å². The molecule has 0 bridgehead atoms. The highest BCUT2D eigenvalue weighted by Crippen LogP contribution is 2.14. The summed E-state index contributed by atoms with van der Waals surface area (Å²) in [7, 11) is 0. The fraction of sp³-hybridized carbons (Fsp3) is 0.667. The van der Waals surface area contributed by atoms with Crippen molar-refractivity contribution in [2.45, 2.75) is 52.4 Å². The van der Waals surface area contributed by atoms with E-state index >= 15 is 0 Å². The summed E-state index contributed by atoms with van der Waals surface area (Å²) in [6.07, 6.45) is 4.49. The Morgan fingerprint density at radius 3 is 1.81 bits per heavy atom. The van der Waals surface area contributed by atoms with Crippen molar-refractivity contribution in [1.82, 2.24) is 0 Å². The Labute approximate surface area is 96.0 Å². The van der Waals surface area contributed by atoms with Crippen LogP contribution in [0.4, 0.5) is 0 Å². The van der Waals surface area contributed by atoms with Gasteiger partial charge in [0.15, 0.2) is 0 Å². The molecule has 0 aromatic rings. The molecular formula is C12H20O4. The number of carboxylic acids is 2. The number of hydrogen-bond acceptors (Lipinski definition) is 2. The SMILES string of the molecule is CC(CCCCCCC(=O)O)=C(C)C(=O)O. The van der Waals surface area contributed by atoms with Crippen LogP contribution >= 0.6 is 0 Å². The van der Waals surface area contributed by atoms with Gasteiger partial charge < -0.3 is 10.2 Å². The lowest BCUT2D eigenvalue weighted by atomic mass is 10.0. The van der Waals surface area contributed by atoms with Crippen LogP contribution in [0, 0.1) is 0 Å². The topological polar surface area (TPSA) is 74.6 Å². The van der Waals surface area contributed by atoms with Gasteiger partial charge >= 0.3 is 11.9 Å². The van der Waals surface area contributed by atoms with E-state index in [0.717, 1.165) is 31.3 Å². The molecule has 0 atom stereocenters. The lowest BCUT2D eigenvalue weighted by Crippen LogP contribution is -1.99. The van der Waals surface area contributed by atoms with Gasteiger partial charge in [-0.05, 0) is 33.1 Å². The van der Waals surface area contributed by atoms with E-state index in [9.17, 15) is 9.59 Å². The lowest BCUT2D eigenvalue weighted by Gasteiger charge is -2.04. The highest BCUT2D eigenvalue weighted by molar-refractivity contribution is 5.86. The summed E-state index contributed by atoms with van der Waals surface area (Å²) in [5.74, 6) is -1.61. The Morgan fingerprint density at radius 1 is 0.875 bits per heavy atom. The van der Waals surface area contributed by atoms with Crippen molar-refractivity contribution >= 4 is 11.9 Å². The van der Waals surface area contributed by atoms with Crippen LogP contribution in [-0.4, -0.2) is 22.2 Å². The second-order valence-corrected chi connectivity index (χ2v) is 4.02. The molecule has 92 valence electrons. The molecule has 0 unspecified atom stereocenters. The van der Waals surface area contributed by atoms with E-state index in [-0.39, 0.29) is 6.42 Å². The fourth-order valence-corrected chi connectivity index (χ4v) is 1.39. The molecule has 0 aliphatic carbocycles. The van der Waals surface area contributed by atoms with Crippen LogP contribution in [0.3, 0.4) is 0 Å². The summed E-state index contributed by atoms with van der Waals surface area (Å²) < 4.78 is 0. The van der Waals surface area contributed by atoms with E-state index in [1.54, 1.807) is 6.92 Å². The largest absolute Gasteiger partial charge is 0.481 e.